The SMILES string of the molecule is c1ccc(-n2c3ccccc3c3cccc(-c4cccc5c4C4(c6ccccc6Sc6ccccc64)c4ccc(-c6ccccn6)cc4S5)c32)cc1. The molecule has 52 heavy (non-hydrogen) atoms. The van der Waals surface area contributed by atoms with Crippen molar-refractivity contribution in [3.63, 3.8) is 0 Å². The molecule has 2 aliphatic rings. The molecule has 0 bridgehead atoms. The Labute approximate surface area is 310 Å². The van der Waals surface area contributed by atoms with Crippen molar-refractivity contribution >= 4 is 45.3 Å². The molecule has 0 radical (unpaired) electrons. The van der Waals surface area contributed by atoms with Gasteiger partial charge in [-0.25, -0.2) is 0 Å². The maximum Gasteiger partial charge on any atom is 0.0751 e. The molecular formula is C48H30N2S2. The van der Waals surface area contributed by atoms with Crippen LogP contribution in [0.15, 0.2) is 202 Å². The van der Waals surface area contributed by atoms with Gasteiger partial charge in [0.2, 0.25) is 0 Å². The van der Waals surface area contributed by atoms with Crippen LogP contribution in [0.1, 0.15) is 22.3 Å². The Morgan fingerprint density at radius 1 is 0.462 bits per heavy atom. The van der Waals surface area contributed by atoms with Gasteiger partial charge in [-0.05, 0) is 82.4 Å². The van der Waals surface area contributed by atoms with Crippen LogP contribution in [0.5, 0.6) is 0 Å². The lowest BCUT2D eigenvalue weighted by Gasteiger charge is -2.46. The van der Waals surface area contributed by atoms with Gasteiger partial charge in [-0.2, -0.15) is 0 Å². The van der Waals surface area contributed by atoms with E-state index in [1.165, 1.54) is 74.8 Å². The molecule has 4 heterocycles. The monoisotopic (exact) mass is 698 g/mol. The van der Waals surface area contributed by atoms with Crippen molar-refractivity contribution in [2.75, 3.05) is 0 Å². The van der Waals surface area contributed by atoms with Crippen LogP contribution < -0.4 is 0 Å². The van der Waals surface area contributed by atoms with Crippen molar-refractivity contribution in [2.24, 2.45) is 0 Å². The summed E-state index contributed by atoms with van der Waals surface area (Å²) in [6.07, 6.45) is 1.88. The number of nitrogens with zero attached hydrogens (tertiary/aromatic N) is 2. The Hall–Kier alpha value is -5.81. The summed E-state index contributed by atoms with van der Waals surface area (Å²) in [5.74, 6) is 0. The van der Waals surface area contributed by atoms with Gasteiger partial charge in [-0.3, -0.25) is 4.98 Å². The smallest absolute Gasteiger partial charge is 0.0751 e. The largest absolute Gasteiger partial charge is 0.309 e. The molecule has 0 fully saturated rings. The van der Waals surface area contributed by atoms with E-state index in [4.69, 9.17) is 4.98 Å². The highest BCUT2D eigenvalue weighted by Crippen LogP contribution is 2.63. The van der Waals surface area contributed by atoms with E-state index in [1.54, 1.807) is 0 Å². The van der Waals surface area contributed by atoms with Gasteiger partial charge < -0.3 is 4.57 Å². The maximum absolute atomic E-state index is 4.74. The number of pyridine rings is 1. The molecule has 2 aromatic heterocycles. The third-order valence-electron chi connectivity index (χ3n) is 10.8. The maximum atomic E-state index is 4.74. The molecule has 9 aromatic rings. The van der Waals surface area contributed by atoms with E-state index in [0.717, 1.165) is 16.9 Å². The number of para-hydroxylation sites is 3. The minimum Gasteiger partial charge on any atom is -0.309 e. The molecule has 0 saturated carbocycles. The van der Waals surface area contributed by atoms with Crippen molar-refractivity contribution in [2.45, 2.75) is 25.0 Å². The van der Waals surface area contributed by atoms with Crippen LogP contribution in [0, 0.1) is 0 Å². The predicted octanol–water partition coefficient (Wildman–Crippen LogP) is 12.8. The van der Waals surface area contributed by atoms with E-state index < -0.39 is 5.41 Å². The molecule has 0 atom stereocenters. The number of benzene rings is 7. The first kappa shape index (κ1) is 29.9. The summed E-state index contributed by atoms with van der Waals surface area (Å²) < 4.78 is 2.47. The number of hydrogen-bond donors (Lipinski definition) is 0. The molecule has 0 N–H and O–H groups in total. The predicted molar refractivity (Wildman–Crippen MR) is 216 cm³/mol. The summed E-state index contributed by atoms with van der Waals surface area (Å²) in [6, 6.07) is 64.8. The fourth-order valence-corrected chi connectivity index (χ4v) is 11.2. The first-order chi connectivity index (χ1) is 25.8. The van der Waals surface area contributed by atoms with Gasteiger partial charge in [-0.1, -0.05) is 145 Å². The zero-order valence-corrected chi connectivity index (χ0v) is 29.7. The molecule has 0 aliphatic carbocycles. The highest BCUT2D eigenvalue weighted by molar-refractivity contribution is 8.00. The average molecular weight is 699 g/mol. The summed E-state index contributed by atoms with van der Waals surface area (Å²) in [6.45, 7) is 0. The Morgan fingerprint density at radius 2 is 1.10 bits per heavy atom. The average Bonchev–Trinajstić information content (AvgIpc) is 3.56. The lowest BCUT2D eigenvalue weighted by Crippen LogP contribution is -2.37. The Bertz CT molecular complexity index is 2810. The van der Waals surface area contributed by atoms with Crippen LogP contribution in [0.25, 0.3) is 49.9 Å². The van der Waals surface area contributed by atoms with E-state index >= 15 is 0 Å². The normalized spacial score (nSPS) is 13.8. The molecule has 2 nitrogen and oxygen atoms in total. The molecule has 0 unspecified atom stereocenters. The van der Waals surface area contributed by atoms with Gasteiger partial charge in [0.05, 0.1) is 22.1 Å². The summed E-state index contributed by atoms with van der Waals surface area (Å²) >= 11 is 3.77. The van der Waals surface area contributed by atoms with E-state index in [9.17, 15) is 0 Å². The summed E-state index contributed by atoms with van der Waals surface area (Å²) in [7, 11) is 0. The molecule has 0 amide bonds. The first-order valence-corrected chi connectivity index (χ1v) is 19.3. The molecule has 2 aliphatic heterocycles. The van der Waals surface area contributed by atoms with Crippen molar-refractivity contribution in [3.05, 3.63) is 204 Å². The van der Waals surface area contributed by atoms with Gasteiger partial charge >= 0.3 is 0 Å². The van der Waals surface area contributed by atoms with Crippen LogP contribution in [0.3, 0.4) is 0 Å². The second-order valence-electron chi connectivity index (χ2n) is 13.4. The van der Waals surface area contributed by atoms with Crippen LogP contribution in [0.4, 0.5) is 0 Å². The molecule has 4 heteroatoms. The molecule has 11 rings (SSSR count). The third kappa shape index (κ3) is 4.19. The van der Waals surface area contributed by atoms with E-state index in [1.807, 2.05) is 35.8 Å². The fraction of sp³-hybridized carbons (Fsp3) is 0.0208. The second kappa shape index (κ2) is 11.6. The Morgan fingerprint density at radius 3 is 1.90 bits per heavy atom. The van der Waals surface area contributed by atoms with Gasteiger partial charge in [0, 0.05) is 53.4 Å². The number of aromatic nitrogens is 2. The highest BCUT2D eigenvalue weighted by atomic mass is 32.2. The van der Waals surface area contributed by atoms with E-state index in [2.05, 4.69) is 174 Å². The zero-order valence-electron chi connectivity index (χ0n) is 28.0. The Kier molecular flexibility index (Phi) is 6.67. The van der Waals surface area contributed by atoms with E-state index in [-0.39, 0.29) is 0 Å². The minimum absolute atomic E-state index is 0.556. The van der Waals surface area contributed by atoms with Crippen molar-refractivity contribution in [1.82, 2.24) is 9.55 Å². The quantitative estimate of drug-likeness (QED) is 0.183. The number of rotatable bonds is 3. The second-order valence-corrected chi connectivity index (χ2v) is 15.6. The van der Waals surface area contributed by atoms with Crippen molar-refractivity contribution in [3.8, 4) is 28.1 Å². The fourth-order valence-electron chi connectivity index (χ4n) is 8.73. The third-order valence-corrected chi connectivity index (χ3v) is 13.0. The van der Waals surface area contributed by atoms with Crippen LogP contribution in [-0.2, 0) is 5.41 Å². The van der Waals surface area contributed by atoms with Gasteiger partial charge in [0.25, 0.3) is 0 Å². The van der Waals surface area contributed by atoms with Crippen LogP contribution in [-0.4, -0.2) is 9.55 Å². The van der Waals surface area contributed by atoms with Crippen LogP contribution in [0.2, 0.25) is 0 Å². The first-order valence-electron chi connectivity index (χ1n) is 17.6. The van der Waals surface area contributed by atoms with E-state index in [0.29, 0.717) is 0 Å². The molecule has 0 saturated heterocycles. The lowest BCUT2D eigenvalue weighted by molar-refractivity contribution is 0.669. The molecule has 1 spiro atoms. The standard InChI is InChI=1S/C48H30N2S2/c1-2-14-32(15-3-1)50-41-23-7-4-16-33(41)35-18-12-19-36(47(35)50)34-17-13-26-44-46(34)48(37-20-5-8-24-42(37)51-43-25-9-6-21-38(43)48)39-28-27-31(30-45(39)52-44)40-22-10-11-29-49-40/h1-30H. The number of fused-ring (bicyclic) bond motifs is 11. The number of hydrogen-bond acceptors (Lipinski definition) is 3. The lowest BCUT2D eigenvalue weighted by atomic mass is 9.62. The minimum atomic E-state index is -0.556. The van der Waals surface area contributed by atoms with Crippen molar-refractivity contribution < 1.29 is 0 Å². The molecule has 7 aromatic carbocycles. The topological polar surface area (TPSA) is 17.8 Å². The highest BCUT2D eigenvalue weighted by Gasteiger charge is 2.50. The summed E-state index contributed by atoms with van der Waals surface area (Å²) in [5.41, 5.74) is 13.0. The molecular weight excluding hydrogens is 669 g/mol. The summed E-state index contributed by atoms with van der Waals surface area (Å²) in [4.78, 5) is 9.87. The van der Waals surface area contributed by atoms with Crippen LogP contribution >= 0.6 is 23.5 Å². The molecule has 244 valence electrons. The Balaban J connectivity index is 1.29. The van der Waals surface area contributed by atoms with Gasteiger partial charge in [0.1, 0.15) is 0 Å². The van der Waals surface area contributed by atoms with Gasteiger partial charge in [-0.15, -0.1) is 0 Å². The van der Waals surface area contributed by atoms with Gasteiger partial charge in [0.15, 0.2) is 0 Å². The van der Waals surface area contributed by atoms with Crippen molar-refractivity contribution in [1.29, 1.82) is 0 Å². The summed E-state index contributed by atoms with van der Waals surface area (Å²) in [5, 5.41) is 2.52. The zero-order chi connectivity index (χ0) is 34.2.